The second kappa shape index (κ2) is 16.2. The van der Waals surface area contributed by atoms with Gasteiger partial charge in [-0.1, -0.05) is 18.2 Å². The smallest absolute Gasteiger partial charge is 0.416 e. The molecule has 3 heterocycles. The SMILES string of the molecule is COC[C@@H]1C[C@@H](c2ccc(C(F)(F)F)cc2N2CCC(C(=O)O)CC2)CN1C(=O)[C@]1(C)CN(C2CCC(OC(C)C)CC2)C[C@H]1c1ccc(OC)cc1. The first-order valence-corrected chi connectivity index (χ1v) is 19.2. The number of amides is 1. The average Bonchev–Trinajstić information content (AvgIpc) is 3.72. The number of piperidine rings is 1. The number of likely N-dealkylation sites (tertiary alicyclic amines) is 2. The number of carboxylic acids is 1. The van der Waals surface area contributed by atoms with Gasteiger partial charge in [-0.3, -0.25) is 14.5 Å². The molecule has 2 aromatic rings. The van der Waals surface area contributed by atoms with Gasteiger partial charge in [0.1, 0.15) is 5.75 Å². The van der Waals surface area contributed by atoms with Crippen LogP contribution in [0.25, 0.3) is 0 Å². The van der Waals surface area contributed by atoms with Gasteiger partial charge in [0.05, 0.1) is 48.9 Å². The molecular formula is C41H56F3N3O6. The van der Waals surface area contributed by atoms with Crippen molar-refractivity contribution in [3.05, 3.63) is 59.2 Å². The summed E-state index contributed by atoms with van der Waals surface area (Å²) in [6, 6.07) is 12.0. The van der Waals surface area contributed by atoms with Crippen LogP contribution in [0.4, 0.5) is 18.9 Å². The number of anilines is 1. The number of nitrogens with zero attached hydrogens (tertiary/aromatic N) is 3. The summed E-state index contributed by atoms with van der Waals surface area (Å²) < 4.78 is 59.4. The van der Waals surface area contributed by atoms with Crippen molar-refractivity contribution in [3.63, 3.8) is 0 Å². The lowest BCUT2D eigenvalue weighted by atomic mass is 9.74. The molecule has 0 aromatic heterocycles. The van der Waals surface area contributed by atoms with Crippen LogP contribution in [0.2, 0.25) is 0 Å². The minimum Gasteiger partial charge on any atom is -0.497 e. The van der Waals surface area contributed by atoms with Gasteiger partial charge in [0.15, 0.2) is 0 Å². The second-order valence-electron chi connectivity index (χ2n) is 16.2. The third kappa shape index (κ3) is 8.49. The maximum Gasteiger partial charge on any atom is 0.416 e. The van der Waals surface area contributed by atoms with Gasteiger partial charge in [0, 0.05) is 63.4 Å². The third-order valence-corrected chi connectivity index (χ3v) is 12.4. The molecule has 0 unspecified atom stereocenters. The van der Waals surface area contributed by atoms with Crippen molar-refractivity contribution in [2.75, 3.05) is 58.5 Å². The lowest BCUT2D eigenvalue weighted by molar-refractivity contribution is -0.143. The Labute approximate surface area is 311 Å². The number of methoxy groups -OCH3 is 2. The fourth-order valence-electron chi connectivity index (χ4n) is 9.54. The lowest BCUT2D eigenvalue weighted by Crippen LogP contribution is -2.50. The van der Waals surface area contributed by atoms with E-state index in [1.165, 1.54) is 6.07 Å². The molecule has 4 aliphatic rings. The number of aliphatic carboxylic acids is 1. The van der Waals surface area contributed by atoms with Gasteiger partial charge >= 0.3 is 12.1 Å². The van der Waals surface area contributed by atoms with Gasteiger partial charge < -0.3 is 29.1 Å². The van der Waals surface area contributed by atoms with Crippen LogP contribution in [0.15, 0.2) is 42.5 Å². The van der Waals surface area contributed by atoms with Crippen molar-refractivity contribution in [3.8, 4) is 5.75 Å². The van der Waals surface area contributed by atoms with Crippen LogP contribution in [0, 0.1) is 11.3 Å². The molecule has 12 heteroatoms. The van der Waals surface area contributed by atoms with Gasteiger partial charge in [-0.2, -0.15) is 13.2 Å². The molecule has 292 valence electrons. The summed E-state index contributed by atoms with van der Waals surface area (Å²) in [4.78, 5) is 33.2. The molecule has 0 spiro atoms. The standard InChI is InChI=1S/C41H56F3N3O6/c1-26(2)53-34-13-9-31(10-14-34)46-23-36(27-6-11-33(52-5)12-7-27)40(3,25-46)39(50)47-22-29(20-32(47)24-51-4)35-15-8-30(41(42,43)44)21-37(35)45-18-16-28(17-19-45)38(48)49/h6-8,11-12,15,21,26,28-29,31-32,34,36H,9-10,13-14,16-20,22-25H2,1-5H3,(H,48,49)/t29-,31?,32+,34?,36+,40-/m1/s1. The highest BCUT2D eigenvalue weighted by atomic mass is 19.4. The molecule has 3 aliphatic heterocycles. The van der Waals surface area contributed by atoms with E-state index >= 15 is 4.79 Å². The lowest BCUT2D eigenvalue weighted by Gasteiger charge is -2.38. The van der Waals surface area contributed by atoms with Crippen LogP contribution in [-0.2, 0) is 25.2 Å². The van der Waals surface area contributed by atoms with Gasteiger partial charge in [-0.15, -0.1) is 0 Å². The normalized spacial score (nSPS) is 28.9. The summed E-state index contributed by atoms with van der Waals surface area (Å²) in [6.45, 7) is 8.97. The van der Waals surface area contributed by atoms with Crippen LogP contribution < -0.4 is 9.64 Å². The number of benzene rings is 2. The monoisotopic (exact) mass is 743 g/mol. The number of carbonyl (C=O) groups excluding carboxylic acids is 1. The van der Waals surface area contributed by atoms with Gasteiger partial charge in [0.2, 0.25) is 5.91 Å². The Morgan fingerprint density at radius 1 is 0.962 bits per heavy atom. The number of carbonyl (C=O) groups is 2. The van der Waals surface area contributed by atoms with E-state index in [1.54, 1.807) is 20.3 Å². The Morgan fingerprint density at radius 3 is 2.23 bits per heavy atom. The molecule has 4 atom stereocenters. The Kier molecular flexibility index (Phi) is 12.0. The molecular weight excluding hydrogens is 687 g/mol. The van der Waals surface area contributed by atoms with Crippen molar-refractivity contribution in [1.82, 2.24) is 9.80 Å². The molecule has 3 saturated heterocycles. The fourth-order valence-corrected chi connectivity index (χ4v) is 9.54. The van der Waals surface area contributed by atoms with Gasteiger partial charge in [-0.05, 0) is 101 Å². The topological polar surface area (TPSA) is 91.8 Å². The van der Waals surface area contributed by atoms with Crippen molar-refractivity contribution in [1.29, 1.82) is 0 Å². The molecule has 1 aliphatic carbocycles. The maximum absolute atomic E-state index is 15.2. The highest BCUT2D eigenvalue weighted by Gasteiger charge is 2.54. The number of halogens is 3. The molecule has 1 saturated carbocycles. The third-order valence-electron chi connectivity index (χ3n) is 12.4. The zero-order valence-electron chi connectivity index (χ0n) is 31.7. The second-order valence-corrected chi connectivity index (χ2v) is 16.2. The van der Waals surface area contributed by atoms with E-state index in [1.807, 2.05) is 21.9 Å². The quantitative estimate of drug-likeness (QED) is 0.259. The Morgan fingerprint density at radius 2 is 1.64 bits per heavy atom. The zero-order chi connectivity index (χ0) is 38.1. The van der Waals surface area contributed by atoms with E-state index in [0.29, 0.717) is 63.8 Å². The molecule has 1 N–H and O–H groups in total. The minimum atomic E-state index is -4.52. The van der Waals surface area contributed by atoms with E-state index in [2.05, 4.69) is 37.8 Å². The predicted molar refractivity (Wildman–Crippen MR) is 196 cm³/mol. The van der Waals surface area contributed by atoms with Gasteiger partial charge in [-0.25, -0.2) is 0 Å². The molecule has 1 amide bonds. The van der Waals surface area contributed by atoms with Crippen molar-refractivity contribution in [2.24, 2.45) is 11.3 Å². The maximum atomic E-state index is 15.2. The molecule has 9 nitrogen and oxygen atoms in total. The highest BCUT2D eigenvalue weighted by Crippen LogP contribution is 2.49. The highest BCUT2D eigenvalue weighted by molar-refractivity contribution is 5.85. The number of alkyl halides is 3. The summed E-state index contributed by atoms with van der Waals surface area (Å²) in [6.07, 6.45) is 1.20. The first-order chi connectivity index (χ1) is 25.2. The predicted octanol–water partition coefficient (Wildman–Crippen LogP) is 7.19. The van der Waals surface area contributed by atoms with Crippen molar-refractivity contribution in [2.45, 2.75) is 108 Å². The number of carboxylic acid groups (broad SMARTS) is 1. The first kappa shape index (κ1) is 39.3. The van der Waals surface area contributed by atoms with Gasteiger partial charge in [0.25, 0.3) is 0 Å². The zero-order valence-corrected chi connectivity index (χ0v) is 31.7. The molecule has 0 bridgehead atoms. The number of ether oxygens (including phenoxy) is 3. The first-order valence-electron chi connectivity index (χ1n) is 19.2. The van der Waals surface area contributed by atoms with E-state index in [0.717, 1.165) is 55.2 Å². The van der Waals surface area contributed by atoms with E-state index in [-0.39, 0.29) is 36.0 Å². The number of hydrogen-bond donors (Lipinski definition) is 1. The minimum absolute atomic E-state index is 0.0397. The van der Waals surface area contributed by atoms with Crippen LogP contribution in [0.1, 0.15) is 94.2 Å². The van der Waals surface area contributed by atoms with E-state index in [9.17, 15) is 23.1 Å². The van der Waals surface area contributed by atoms with E-state index < -0.39 is 29.0 Å². The summed E-state index contributed by atoms with van der Waals surface area (Å²) in [5.41, 5.74) is 0.818. The van der Waals surface area contributed by atoms with Crippen molar-refractivity contribution < 1.29 is 42.1 Å². The summed E-state index contributed by atoms with van der Waals surface area (Å²) >= 11 is 0. The van der Waals surface area contributed by atoms with Crippen LogP contribution in [-0.4, -0.2) is 105 Å². The summed E-state index contributed by atoms with van der Waals surface area (Å²) in [5, 5.41) is 9.56. The van der Waals surface area contributed by atoms with Crippen LogP contribution >= 0.6 is 0 Å². The molecule has 0 radical (unpaired) electrons. The largest absolute Gasteiger partial charge is 0.497 e. The Hall–Kier alpha value is -3.35. The summed E-state index contributed by atoms with van der Waals surface area (Å²) in [7, 11) is 3.25. The van der Waals surface area contributed by atoms with Crippen LogP contribution in [0.5, 0.6) is 5.75 Å². The molecule has 2 aromatic carbocycles. The molecule has 6 rings (SSSR count). The fraction of sp³-hybridized carbons (Fsp3) is 0.659. The average molecular weight is 744 g/mol. The Bertz CT molecular complexity index is 1570. The number of hydrogen-bond acceptors (Lipinski definition) is 7. The molecule has 4 fully saturated rings. The van der Waals surface area contributed by atoms with Crippen molar-refractivity contribution >= 4 is 17.6 Å². The summed E-state index contributed by atoms with van der Waals surface area (Å²) in [5.74, 6) is -0.892. The Balaban J connectivity index is 1.29. The molecule has 53 heavy (non-hydrogen) atoms. The van der Waals surface area contributed by atoms with Crippen LogP contribution in [0.3, 0.4) is 0 Å². The number of rotatable bonds is 11. The van der Waals surface area contributed by atoms with E-state index in [4.69, 9.17) is 14.2 Å².